The average molecular weight is 142 g/mol. The molecule has 0 aliphatic heterocycles. The van der Waals surface area contributed by atoms with Gasteiger partial charge in [0, 0.05) is 13.5 Å². The Morgan fingerprint density at radius 3 is 2.80 bits per heavy atom. The number of hydrogen-bond acceptors (Lipinski definition) is 4. The highest BCUT2D eigenvalue weighted by atomic mass is 16.6. The fraction of sp³-hybridized carbons (Fsp3) is 0.500. The first-order valence-electron chi connectivity index (χ1n) is 2.98. The first-order valence-corrected chi connectivity index (χ1v) is 2.98. The van der Waals surface area contributed by atoms with Crippen molar-refractivity contribution in [3.05, 3.63) is 11.6 Å². The van der Waals surface area contributed by atoms with Gasteiger partial charge in [-0.15, -0.1) is 0 Å². The molecule has 0 atom stereocenters. The van der Waals surface area contributed by atoms with Crippen LogP contribution in [0.5, 0.6) is 5.95 Å². The van der Waals surface area contributed by atoms with Crippen LogP contribution in [0.3, 0.4) is 0 Å². The zero-order chi connectivity index (χ0) is 7.56. The molecule has 0 bridgehead atoms. The van der Waals surface area contributed by atoms with Crippen molar-refractivity contribution in [1.82, 2.24) is 4.98 Å². The highest BCUT2D eigenvalue weighted by Crippen LogP contribution is 2.17. The van der Waals surface area contributed by atoms with Gasteiger partial charge in [-0.05, 0) is 0 Å². The second-order valence-corrected chi connectivity index (χ2v) is 1.88. The molecule has 0 spiro atoms. The summed E-state index contributed by atoms with van der Waals surface area (Å²) < 4.78 is 9.89. The van der Waals surface area contributed by atoms with Crippen LogP contribution in [0.25, 0.3) is 0 Å². The minimum atomic E-state index is 0.348. The quantitative estimate of drug-likeness (QED) is 0.651. The third-order valence-corrected chi connectivity index (χ3v) is 1.15. The van der Waals surface area contributed by atoms with Crippen LogP contribution < -0.4 is 10.5 Å². The van der Waals surface area contributed by atoms with Crippen LogP contribution in [0.1, 0.15) is 11.6 Å². The molecule has 4 nitrogen and oxygen atoms in total. The summed E-state index contributed by atoms with van der Waals surface area (Å²) in [7, 11) is 1.53. The summed E-state index contributed by atoms with van der Waals surface area (Å²) in [5.74, 6) is 0.998. The molecule has 0 aliphatic carbocycles. The maximum absolute atomic E-state index is 5.34. The summed E-state index contributed by atoms with van der Waals surface area (Å²) in [4.78, 5) is 3.98. The number of methoxy groups -OCH3 is 1. The van der Waals surface area contributed by atoms with Gasteiger partial charge in [0.25, 0.3) is 0 Å². The zero-order valence-corrected chi connectivity index (χ0v) is 6.05. The van der Waals surface area contributed by atoms with Crippen LogP contribution in [-0.2, 0) is 6.54 Å². The smallest absolute Gasteiger partial charge is 0.309 e. The van der Waals surface area contributed by atoms with Crippen LogP contribution in [-0.4, -0.2) is 12.1 Å². The molecule has 1 aromatic rings. The summed E-state index contributed by atoms with van der Waals surface area (Å²) >= 11 is 0. The molecule has 1 aromatic heterocycles. The number of aromatic nitrogens is 1. The molecule has 0 unspecified atom stereocenters. The summed E-state index contributed by atoms with van der Waals surface area (Å²) in [6.07, 6.45) is 0. The number of hydrogen-bond donors (Lipinski definition) is 1. The lowest BCUT2D eigenvalue weighted by molar-refractivity contribution is 0.294. The van der Waals surface area contributed by atoms with Crippen LogP contribution >= 0.6 is 0 Å². The van der Waals surface area contributed by atoms with Crippen molar-refractivity contribution in [2.45, 2.75) is 13.5 Å². The maximum Gasteiger partial charge on any atom is 0.309 e. The van der Waals surface area contributed by atoms with E-state index in [-0.39, 0.29) is 0 Å². The Hall–Kier alpha value is -1.03. The van der Waals surface area contributed by atoms with Crippen LogP contribution in [0.15, 0.2) is 4.42 Å². The molecule has 10 heavy (non-hydrogen) atoms. The first-order chi connectivity index (χ1) is 4.77. The Kier molecular flexibility index (Phi) is 1.91. The third kappa shape index (κ3) is 1.11. The van der Waals surface area contributed by atoms with Crippen molar-refractivity contribution in [1.29, 1.82) is 0 Å². The van der Waals surface area contributed by atoms with Crippen LogP contribution in [0.4, 0.5) is 0 Å². The Morgan fingerprint density at radius 1 is 1.70 bits per heavy atom. The van der Waals surface area contributed by atoms with E-state index in [2.05, 4.69) is 4.98 Å². The highest BCUT2D eigenvalue weighted by Gasteiger charge is 2.07. The summed E-state index contributed by atoms with van der Waals surface area (Å²) in [5, 5.41) is 0. The number of nitrogens with two attached hydrogens (primary N) is 1. The molecule has 0 radical (unpaired) electrons. The lowest BCUT2D eigenvalue weighted by Crippen LogP contribution is -1.98. The first kappa shape index (κ1) is 7.08. The Morgan fingerprint density at radius 2 is 2.40 bits per heavy atom. The molecular weight excluding hydrogens is 132 g/mol. The fourth-order valence-electron chi connectivity index (χ4n) is 0.740. The van der Waals surface area contributed by atoms with Crippen molar-refractivity contribution in [3.8, 4) is 5.95 Å². The van der Waals surface area contributed by atoms with Gasteiger partial charge in [-0.3, -0.25) is 0 Å². The van der Waals surface area contributed by atoms with Gasteiger partial charge in [0.15, 0.2) is 5.89 Å². The molecule has 0 aliphatic rings. The number of rotatable bonds is 2. The largest absolute Gasteiger partial charge is 0.467 e. The van der Waals surface area contributed by atoms with Gasteiger partial charge in [-0.25, -0.2) is 4.98 Å². The van der Waals surface area contributed by atoms with E-state index in [0.29, 0.717) is 24.1 Å². The van der Waals surface area contributed by atoms with E-state index in [1.807, 2.05) is 0 Å². The lowest BCUT2D eigenvalue weighted by atomic mass is 10.5. The normalized spacial score (nSPS) is 9.90. The number of oxazole rings is 1. The molecule has 1 rings (SSSR count). The molecule has 0 fully saturated rings. The van der Waals surface area contributed by atoms with E-state index < -0.39 is 0 Å². The Labute approximate surface area is 59.0 Å². The van der Waals surface area contributed by atoms with E-state index >= 15 is 0 Å². The van der Waals surface area contributed by atoms with E-state index in [4.69, 9.17) is 14.9 Å². The van der Waals surface area contributed by atoms with Gasteiger partial charge < -0.3 is 14.9 Å². The number of aryl methyl sites for hydroxylation is 1. The van der Waals surface area contributed by atoms with Crippen molar-refractivity contribution in [2.24, 2.45) is 5.73 Å². The van der Waals surface area contributed by atoms with Gasteiger partial charge in [0.2, 0.25) is 0 Å². The minimum absolute atomic E-state index is 0.348. The van der Waals surface area contributed by atoms with Gasteiger partial charge in [0.05, 0.1) is 7.11 Å². The molecular formula is C6H10N2O2. The second-order valence-electron chi connectivity index (χ2n) is 1.88. The van der Waals surface area contributed by atoms with Gasteiger partial charge in [-0.2, -0.15) is 0 Å². The maximum atomic E-state index is 5.34. The standard InChI is InChI=1S/C6H10N2O2/c1-4-8-5(3-7)6(9-2)10-4/h3,7H2,1-2H3. The Bertz CT molecular complexity index is 198. The van der Waals surface area contributed by atoms with Crippen molar-refractivity contribution >= 4 is 0 Å². The van der Waals surface area contributed by atoms with Crippen LogP contribution in [0, 0.1) is 6.92 Å². The van der Waals surface area contributed by atoms with Crippen molar-refractivity contribution in [2.75, 3.05) is 7.11 Å². The summed E-state index contributed by atoms with van der Waals surface area (Å²) in [5.41, 5.74) is 6.00. The lowest BCUT2D eigenvalue weighted by Gasteiger charge is -1.92. The molecule has 56 valence electrons. The van der Waals surface area contributed by atoms with E-state index in [0.717, 1.165) is 0 Å². The number of nitrogens with zero attached hydrogens (tertiary/aromatic N) is 1. The van der Waals surface area contributed by atoms with E-state index in [9.17, 15) is 0 Å². The van der Waals surface area contributed by atoms with E-state index in [1.165, 1.54) is 7.11 Å². The molecule has 0 saturated carbocycles. The minimum Gasteiger partial charge on any atom is -0.467 e. The predicted octanol–water partition coefficient (Wildman–Crippen LogP) is 0.450. The fourth-order valence-corrected chi connectivity index (χ4v) is 0.740. The molecule has 0 saturated heterocycles. The van der Waals surface area contributed by atoms with Crippen molar-refractivity contribution in [3.63, 3.8) is 0 Å². The monoisotopic (exact) mass is 142 g/mol. The molecule has 4 heteroatoms. The molecule has 2 N–H and O–H groups in total. The molecule has 0 aromatic carbocycles. The van der Waals surface area contributed by atoms with Gasteiger partial charge >= 0.3 is 5.95 Å². The second kappa shape index (κ2) is 2.70. The zero-order valence-electron chi connectivity index (χ0n) is 6.05. The van der Waals surface area contributed by atoms with Crippen LogP contribution in [0.2, 0.25) is 0 Å². The average Bonchev–Trinajstić information content (AvgIpc) is 2.30. The van der Waals surface area contributed by atoms with Gasteiger partial charge in [0.1, 0.15) is 5.69 Å². The highest BCUT2D eigenvalue weighted by molar-refractivity contribution is 5.14. The predicted molar refractivity (Wildman–Crippen MR) is 35.7 cm³/mol. The number of ether oxygens (including phenoxy) is 1. The SMILES string of the molecule is COc1oc(C)nc1CN. The van der Waals surface area contributed by atoms with Gasteiger partial charge in [-0.1, -0.05) is 0 Å². The van der Waals surface area contributed by atoms with E-state index in [1.54, 1.807) is 6.92 Å². The molecule has 1 heterocycles. The Balaban J connectivity index is 2.96. The topological polar surface area (TPSA) is 61.3 Å². The summed E-state index contributed by atoms with van der Waals surface area (Å²) in [6.45, 7) is 2.10. The molecule has 0 amide bonds. The van der Waals surface area contributed by atoms with Crippen molar-refractivity contribution < 1.29 is 9.15 Å². The summed E-state index contributed by atoms with van der Waals surface area (Å²) in [6, 6.07) is 0. The third-order valence-electron chi connectivity index (χ3n) is 1.15.